The van der Waals surface area contributed by atoms with Gasteiger partial charge in [-0.3, -0.25) is 9.59 Å². The Bertz CT molecular complexity index is 1410. The lowest BCUT2D eigenvalue weighted by molar-refractivity contribution is -0.141. The molecule has 0 spiro atoms. The molecule has 0 radical (unpaired) electrons. The largest absolute Gasteiger partial charge is 0.495 e. The minimum absolute atomic E-state index is 0.0538. The number of carbonyl (C=O) groups excluding carboxylic acids is 2. The quantitative estimate of drug-likeness (QED) is 0.379. The van der Waals surface area contributed by atoms with Gasteiger partial charge in [0.25, 0.3) is 0 Å². The molecule has 33 heavy (non-hydrogen) atoms. The van der Waals surface area contributed by atoms with Gasteiger partial charge in [0.2, 0.25) is 0 Å². The fourth-order valence-electron chi connectivity index (χ4n) is 3.43. The van der Waals surface area contributed by atoms with Crippen LogP contribution in [0.5, 0.6) is 17.2 Å². The van der Waals surface area contributed by atoms with Crippen LogP contribution in [0, 0.1) is 0 Å². The van der Waals surface area contributed by atoms with Crippen molar-refractivity contribution in [2.45, 2.75) is 13.5 Å². The number of amides is 1. The molecule has 2 aromatic heterocycles. The lowest BCUT2D eigenvalue weighted by atomic mass is 10.2. The van der Waals surface area contributed by atoms with Gasteiger partial charge in [0.15, 0.2) is 21.9 Å². The molecule has 9 nitrogen and oxygen atoms in total. The molecule has 0 N–H and O–H groups in total. The molecule has 10 heteroatoms. The van der Waals surface area contributed by atoms with Crippen LogP contribution >= 0.6 is 11.3 Å². The Labute approximate surface area is 192 Å². The number of hydrogen-bond acceptors (Lipinski definition) is 8. The van der Waals surface area contributed by atoms with E-state index in [9.17, 15) is 9.59 Å². The summed E-state index contributed by atoms with van der Waals surface area (Å²) < 4.78 is 29.4. The number of hydrogen-bond donors (Lipinski definition) is 0. The van der Waals surface area contributed by atoms with Crippen molar-refractivity contribution < 1.29 is 33.0 Å². The molecule has 2 aromatic carbocycles. The summed E-state index contributed by atoms with van der Waals surface area (Å²) in [6, 6.07) is 10.5. The third kappa shape index (κ3) is 4.17. The van der Waals surface area contributed by atoms with Gasteiger partial charge < -0.3 is 27.9 Å². The molecular weight excluding hydrogens is 448 g/mol. The van der Waals surface area contributed by atoms with Crippen LogP contribution in [0.25, 0.3) is 21.2 Å². The van der Waals surface area contributed by atoms with Gasteiger partial charge in [-0.05, 0) is 31.2 Å². The average molecular weight is 471 g/mol. The number of aromatic nitrogens is 1. The van der Waals surface area contributed by atoms with E-state index < -0.39 is 11.9 Å². The highest BCUT2D eigenvalue weighted by atomic mass is 32.1. The highest BCUT2D eigenvalue weighted by Gasteiger charge is 2.20. The minimum atomic E-state index is -0.600. The standard InChI is InChI=1S/C23H22N2O7S/c1-5-31-15-8-6-7-13-11-17(32-20(13)15)22(27)24-23-25(12-18(26)30-4)19-14(28-2)9-10-16(29-3)21(19)33-23/h6-11H,5,12H2,1-4H3. The number of rotatable bonds is 7. The van der Waals surface area contributed by atoms with Crippen molar-refractivity contribution >= 4 is 44.4 Å². The maximum atomic E-state index is 13.1. The zero-order chi connectivity index (χ0) is 23.5. The molecule has 0 aliphatic rings. The molecule has 4 aromatic rings. The summed E-state index contributed by atoms with van der Waals surface area (Å²) in [6.45, 7) is 2.17. The van der Waals surface area contributed by atoms with E-state index in [2.05, 4.69) is 4.99 Å². The molecule has 1 amide bonds. The Morgan fingerprint density at radius 2 is 1.82 bits per heavy atom. The predicted octanol–water partition coefficient (Wildman–Crippen LogP) is 3.78. The van der Waals surface area contributed by atoms with Crippen LogP contribution in [0.15, 0.2) is 45.8 Å². The van der Waals surface area contributed by atoms with Crippen LogP contribution in [0.1, 0.15) is 17.5 Å². The van der Waals surface area contributed by atoms with Gasteiger partial charge >= 0.3 is 11.9 Å². The van der Waals surface area contributed by atoms with Crippen molar-refractivity contribution in [3.63, 3.8) is 0 Å². The molecule has 0 bridgehead atoms. The maximum absolute atomic E-state index is 13.1. The Hall–Kier alpha value is -3.79. The van der Waals surface area contributed by atoms with Crippen molar-refractivity contribution in [3.8, 4) is 17.2 Å². The Balaban J connectivity index is 1.89. The number of methoxy groups -OCH3 is 3. The zero-order valence-electron chi connectivity index (χ0n) is 18.5. The molecule has 0 unspecified atom stereocenters. The Morgan fingerprint density at radius 1 is 1.06 bits per heavy atom. The van der Waals surface area contributed by atoms with Crippen molar-refractivity contribution in [2.24, 2.45) is 4.99 Å². The zero-order valence-corrected chi connectivity index (χ0v) is 19.4. The molecule has 0 saturated heterocycles. The molecule has 0 atom stereocenters. The number of furan rings is 1. The van der Waals surface area contributed by atoms with Gasteiger partial charge in [0.05, 0.1) is 27.9 Å². The molecular formula is C23H22N2O7S. The van der Waals surface area contributed by atoms with Crippen molar-refractivity contribution in [3.05, 3.63) is 47.0 Å². The Morgan fingerprint density at radius 3 is 2.52 bits per heavy atom. The van der Waals surface area contributed by atoms with Crippen molar-refractivity contribution in [1.29, 1.82) is 0 Å². The molecule has 2 heterocycles. The average Bonchev–Trinajstić information content (AvgIpc) is 3.41. The van der Waals surface area contributed by atoms with E-state index in [0.29, 0.717) is 39.7 Å². The monoisotopic (exact) mass is 470 g/mol. The lowest BCUT2D eigenvalue weighted by Gasteiger charge is -2.09. The summed E-state index contributed by atoms with van der Waals surface area (Å²) in [4.78, 5) is 29.7. The lowest BCUT2D eigenvalue weighted by Crippen LogP contribution is -2.22. The van der Waals surface area contributed by atoms with Crippen LogP contribution in [-0.4, -0.2) is 44.4 Å². The molecule has 0 fully saturated rings. The number of benzene rings is 2. The first-order valence-corrected chi connectivity index (χ1v) is 10.9. The van der Waals surface area contributed by atoms with E-state index in [4.69, 9.17) is 23.4 Å². The number of fused-ring (bicyclic) bond motifs is 2. The SMILES string of the molecule is CCOc1cccc2cc(C(=O)N=c3sc4c(OC)ccc(OC)c4n3CC(=O)OC)oc12. The van der Waals surface area contributed by atoms with E-state index in [1.54, 1.807) is 28.8 Å². The third-order valence-electron chi connectivity index (χ3n) is 4.92. The molecule has 4 rings (SSSR count). The second-order valence-electron chi connectivity index (χ2n) is 6.83. The summed E-state index contributed by atoms with van der Waals surface area (Å²) in [5.41, 5.74) is 1.04. The normalized spacial score (nSPS) is 11.7. The van der Waals surface area contributed by atoms with Gasteiger partial charge in [-0.2, -0.15) is 4.99 Å². The van der Waals surface area contributed by atoms with Crippen LogP contribution < -0.4 is 19.0 Å². The van der Waals surface area contributed by atoms with E-state index in [0.717, 1.165) is 5.39 Å². The predicted molar refractivity (Wildman–Crippen MR) is 122 cm³/mol. The third-order valence-corrected chi connectivity index (χ3v) is 6.02. The number of carbonyl (C=O) groups is 2. The first-order valence-electron chi connectivity index (χ1n) is 10.1. The summed E-state index contributed by atoms with van der Waals surface area (Å²) >= 11 is 1.19. The molecule has 172 valence electrons. The summed E-state index contributed by atoms with van der Waals surface area (Å²) in [5.74, 6) is 0.568. The minimum Gasteiger partial charge on any atom is -0.495 e. The topological polar surface area (TPSA) is 101 Å². The van der Waals surface area contributed by atoms with Gasteiger partial charge in [0, 0.05) is 5.39 Å². The fourth-order valence-corrected chi connectivity index (χ4v) is 4.57. The number of esters is 1. The summed E-state index contributed by atoms with van der Waals surface area (Å²) in [6.07, 6.45) is 0. The van der Waals surface area contributed by atoms with Crippen molar-refractivity contribution in [2.75, 3.05) is 27.9 Å². The van der Waals surface area contributed by atoms with Gasteiger partial charge in [0.1, 0.15) is 28.3 Å². The van der Waals surface area contributed by atoms with E-state index >= 15 is 0 Å². The van der Waals surface area contributed by atoms with Crippen LogP contribution in [-0.2, 0) is 16.1 Å². The summed E-state index contributed by atoms with van der Waals surface area (Å²) in [7, 11) is 4.35. The van der Waals surface area contributed by atoms with Crippen LogP contribution in [0.2, 0.25) is 0 Å². The number of para-hydroxylation sites is 1. The van der Waals surface area contributed by atoms with E-state index in [1.807, 2.05) is 19.1 Å². The van der Waals surface area contributed by atoms with Crippen LogP contribution in [0.3, 0.4) is 0 Å². The maximum Gasteiger partial charge on any atom is 0.325 e. The smallest absolute Gasteiger partial charge is 0.325 e. The number of thiazole rings is 1. The molecule has 0 saturated carbocycles. The van der Waals surface area contributed by atoms with E-state index in [-0.39, 0.29) is 17.1 Å². The second-order valence-corrected chi connectivity index (χ2v) is 7.81. The summed E-state index contributed by atoms with van der Waals surface area (Å²) in [5, 5.41) is 0.724. The number of ether oxygens (including phenoxy) is 4. The van der Waals surface area contributed by atoms with Crippen molar-refractivity contribution in [1.82, 2.24) is 4.57 Å². The highest BCUT2D eigenvalue weighted by molar-refractivity contribution is 7.16. The first-order chi connectivity index (χ1) is 16.0. The molecule has 0 aliphatic carbocycles. The highest BCUT2D eigenvalue weighted by Crippen LogP contribution is 2.35. The Kier molecular flexibility index (Phi) is 6.36. The molecule has 0 aliphatic heterocycles. The first kappa shape index (κ1) is 22.4. The van der Waals surface area contributed by atoms with Crippen LogP contribution in [0.4, 0.5) is 0 Å². The second kappa shape index (κ2) is 9.37. The van der Waals surface area contributed by atoms with Gasteiger partial charge in [-0.1, -0.05) is 23.5 Å². The van der Waals surface area contributed by atoms with Gasteiger partial charge in [-0.15, -0.1) is 0 Å². The van der Waals surface area contributed by atoms with Gasteiger partial charge in [-0.25, -0.2) is 0 Å². The fraction of sp³-hybridized carbons (Fsp3) is 0.261. The number of nitrogens with zero attached hydrogens (tertiary/aromatic N) is 2. The van der Waals surface area contributed by atoms with E-state index in [1.165, 1.54) is 32.7 Å².